The molecule has 0 radical (unpaired) electrons. The molecule has 0 saturated carbocycles. The van der Waals surface area contributed by atoms with Gasteiger partial charge in [0.15, 0.2) is 0 Å². The van der Waals surface area contributed by atoms with Crippen LogP contribution in [0.4, 0.5) is 14.5 Å². The Labute approximate surface area is 93.3 Å². The molecule has 1 saturated heterocycles. The molecule has 0 aromatic heterocycles. The molecule has 2 aliphatic rings. The summed E-state index contributed by atoms with van der Waals surface area (Å²) in [5, 5.41) is 3.28. The van der Waals surface area contributed by atoms with E-state index < -0.39 is 11.6 Å². The highest BCUT2D eigenvalue weighted by atomic mass is 19.1. The number of anilines is 1. The molecule has 2 atom stereocenters. The molecule has 16 heavy (non-hydrogen) atoms. The van der Waals surface area contributed by atoms with Gasteiger partial charge in [-0.3, -0.25) is 0 Å². The summed E-state index contributed by atoms with van der Waals surface area (Å²) >= 11 is 0. The first-order chi connectivity index (χ1) is 7.68. The third kappa shape index (κ3) is 1.26. The molecule has 1 N–H and O–H groups in total. The molecule has 2 nitrogen and oxygen atoms in total. The summed E-state index contributed by atoms with van der Waals surface area (Å²) in [6.45, 7) is 1.76. The Hall–Kier alpha value is -1.16. The van der Waals surface area contributed by atoms with Crippen molar-refractivity contribution in [1.82, 2.24) is 5.32 Å². The number of hydrogen-bond donors (Lipinski definition) is 1. The van der Waals surface area contributed by atoms with Crippen molar-refractivity contribution in [2.45, 2.75) is 18.4 Å². The molecule has 4 heteroatoms. The lowest BCUT2D eigenvalue weighted by Crippen LogP contribution is -2.42. The van der Waals surface area contributed by atoms with Crippen LogP contribution in [0.25, 0.3) is 0 Å². The summed E-state index contributed by atoms with van der Waals surface area (Å²) in [7, 11) is 1.90. The van der Waals surface area contributed by atoms with Gasteiger partial charge in [-0.05, 0) is 24.6 Å². The van der Waals surface area contributed by atoms with Crippen molar-refractivity contribution in [3.8, 4) is 0 Å². The lowest BCUT2D eigenvalue weighted by molar-refractivity contribution is 0.412. The summed E-state index contributed by atoms with van der Waals surface area (Å²) in [6.07, 6.45) is 0.983. The predicted octanol–water partition coefficient (Wildman–Crippen LogP) is 1.86. The smallest absolute Gasteiger partial charge is 0.149 e. The van der Waals surface area contributed by atoms with Gasteiger partial charge in [0.05, 0.1) is 5.69 Å². The van der Waals surface area contributed by atoms with E-state index in [2.05, 4.69) is 5.32 Å². The zero-order valence-electron chi connectivity index (χ0n) is 9.13. The number of hydrogen-bond acceptors (Lipinski definition) is 2. The van der Waals surface area contributed by atoms with E-state index in [0.717, 1.165) is 31.1 Å². The van der Waals surface area contributed by atoms with Crippen molar-refractivity contribution >= 4 is 5.69 Å². The second-order valence-corrected chi connectivity index (χ2v) is 4.60. The van der Waals surface area contributed by atoms with Gasteiger partial charge < -0.3 is 10.2 Å². The Morgan fingerprint density at radius 3 is 3.00 bits per heavy atom. The SMILES string of the molecule is CN1c2c(F)cc(F)cc2C2CNCCC21. The largest absolute Gasteiger partial charge is 0.368 e. The lowest BCUT2D eigenvalue weighted by atomic mass is 9.90. The number of likely N-dealkylation sites (N-methyl/N-ethyl adjacent to an activating group) is 1. The molecule has 3 rings (SSSR count). The molecule has 1 aromatic carbocycles. The number of fused-ring (bicyclic) bond motifs is 3. The molecule has 2 aliphatic heterocycles. The van der Waals surface area contributed by atoms with Crippen molar-refractivity contribution in [1.29, 1.82) is 0 Å². The molecule has 0 aliphatic carbocycles. The van der Waals surface area contributed by atoms with E-state index in [-0.39, 0.29) is 5.92 Å². The average molecular weight is 224 g/mol. The zero-order chi connectivity index (χ0) is 11.3. The van der Waals surface area contributed by atoms with Crippen molar-refractivity contribution in [3.63, 3.8) is 0 Å². The lowest BCUT2D eigenvalue weighted by Gasteiger charge is -2.31. The second-order valence-electron chi connectivity index (χ2n) is 4.60. The van der Waals surface area contributed by atoms with E-state index in [1.54, 1.807) is 0 Å². The molecular weight excluding hydrogens is 210 g/mol. The van der Waals surface area contributed by atoms with Crippen LogP contribution in [0.5, 0.6) is 0 Å². The Balaban J connectivity index is 2.13. The highest BCUT2D eigenvalue weighted by Crippen LogP contribution is 2.43. The molecule has 1 fully saturated rings. The summed E-state index contributed by atoms with van der Waals surface area (Å²) in [6, 6.07) is 2.76. The molecule has 0 spiro atoms. The van der Waals surface area contributed by atoms with Crippen LogP contribution in [0, 0.1) is 11.6 Å². The van der Waals surface area contributed by atoms with Gasteiger partial charge in [-0.25, -0.2) is 8.78 Å². The number of halogens is 2. The van der Waals surface area contributed by atoms with Gasteiger partial charge in [-0.2, -0.15) is 0 Å². The highest BCUT2D eigenvalue weighted by molar-refractivity contribution is 5.62. The van der Waals surface area contributed by atoms with Crippen molar-refractivity contribution < 1.29 is 8.78 Å². The first-order valence-electron chi connectivity index (χ1n) is 5.61. The summed E-state index contributed by atoms with van der Waals surface area (Å²) in [4.78, 5) is 1.97. The van der Waals surface area contributed by atoms with E-state index in [9.17, 15) is 8.78 Å². The minimum atomic E-state index is -0.476. The molecule has 0 amide bonds. The van der Waals surface area contributed by atoms with Crippen LogP contribution in [0.3, 0.4) is 0 Å². The van der Waals surface area contributed by atoms with E-state index in [1.807, 2.05) is 11.9 Å². The minimum absolute atomic E-state index is 0.221. The van der Waals surface area contributed by atoms with Crippen LogP contribution in [-0.4, -0.2) is 26.2 Å². The molecule has 2 heterocycles. The molecule has 0 bridgehead atoms. The number of rotatable bonds is 0. The third-order valence-electron chi connectivity index (χ3n) is 3.75. The number of benzene rings is 1. The van der Waals surface area contributed by atoms with Crippen LogP contribution in [0.15, 0.2) is 12.1 Å². The molecule has 1 aromatic rings. The Bertz CT molecular complexity index is 433. The van der Waals surface area contributed by atoms with Gasteiger partial charge in [0, 0.05) is 31.6 Å². The summed E-state index contributed by atoms with van der Waals surface area (Å²) in [5.41, 5.74) is 1.40. The van der Waals surface area contributed by atoms with Crippen LogP contribution in [-0.2, 0) is 0 Å². The second kappa shape index (κ2) is 3.42. The van der Waals surface area contributed by atoms with Gasteiger partial charge in [-0.1, -0.05) is 0 Å². The number of piperidine rings is 1. The maximum atomic E-state index is 13.7. The Morgan fingerprint density at radius 2 is 2.19 bits per heavy atom. The van der Waals surface area contributed by atoms with E-state index in [1.165, 1.54) is 6.07 Å². The Morgan fingerprint density at radius 1 is 1.38 bits per heavy atom. The van der Waals surface area contributed by atoms with Gasteiger partial charge in [0.2, 0.25) is 0 Å². The van der Waals surface area contributed by atoms with E-state index in [0.29, 0.717) is 11.7 Å². The van der Waals surface area contributed by atoms with Gasteiger partial charge in [0.1, 0.15) is 11.6 Å². The van der Waals surface area contributed by atoms with Gasteiger partial charge in [0.25, 0.3) is 0 Å². The highest BCUT2D eigenvalue weighted by Gasteiger charge is 2.39. The van der Waals surface area contributed by atoms with Crippen molar-refractivity contribution in [2.75, 3.05) is 25.0 Å². The topological polar surface area (TPSA) is 15.3 Å². The van der Waals surface area contributed by atoms with E-state index in [4.69, 9.17) is 0 Å². The first-order valence-corrected chi connectivity index (χ1v) is 5.61. The van der Waals surface area contributed by atoms with Crippen LogP contribution < -0.4 is 10.2 Å². The number of nitrogens with zero attached hydrogens (tertiary/aromatic N) is 1. The first kappa shape index (κ1) is 10.0. The maximum Gasteiger partial charge on any atom is 0.149 e. The van der Waals surface area contributed by atoms with Crippen LogP contribution in [0.2, 0.25) is 0 Å². The quantitative estimate of drug-likeness (QED) is 0.723. The number of nitrogens with one attached hydrogen (secondary N) is 1. The van der Waals surface area contributed by atoms with Crippen LogP contribution in [0.1, 0.15) is 17.9 Å². The fourth-order valence-corrected chi connectivity index (χ4v) is 3.03. The predicted molar refractivity (Wildman–Crippen MR) is 58.8 cm³/mol. The molecular formula is C12H14F2N2. The maximum absolute atomic E-state index is 13.7. The fourth-order valence-electron chi connectivity index (χ4n) is 3.03. The van der Waals surface area contributed by atoms with Crippen molar-refractivity contribution in [3.05, 3.63) is 29.3 Å². The van der Waals surface area contributed by atoms with Gasteiger partial charge in [-0.15, -0.1) is 0 Å². The standard InChI is InChI=1S/C12H14F2N2/c1-16-11-2-3-15-6-9(11)8-4-7(13)5-10(14)12(8)16/h4-5,9,11,15H,2-3,6H2,1H3. The third-order valence-corrected chi connectivity index (χ3v) is 3.75. The summed E-state index contributed by atoms with van der Waals surface area (Å²) < 4.78 is 27.0. The monoisotopic (exact) mass is 224 g/mol. The molecule has 2 unspecified atom stereocenters. The summed E-state index contributed by atoms with van der Waals surface area (Å²) in [5.74, 6) is -0.693. The van der Waals surface area contributed by atoms with E-state index >= 15 is 0 Å². The van der Waals surface area contributed by atoms with Crippen LogP contribution >= 0.6 is 0 Å². The molecule has 86 valence electrons. The van der Waals surface area contributed by atoms with Gasteiger partial charge >= 0.3 is 0 Å². The van der Waals surface area contributed by atoms with Crippen molar-refractivity contribution in [2.24, 2.45) is 0 Å². The Kier molecular flexibility index (Phi) is 2.14. The minimum Gasteiger partial charge on any atom is -0.368 e. The average Bonchev–Trinajstić information content (AvgIpc) is 2.54. The fraction of sp³-hybridized carbons (Fsp3) is 0.500. The normalized spacial score (nSPS) is 27.8. The zero-order valence-corrected chi connectivity index (χ0v) is 9.13.